The van der Waals surface area contributed by atoms with Crippen LogP contribution in [0.3, 0.4) is 0 Å². The molecule has 0 spiro atoms. The van der Waals surface area contributed by atoms with E-state index in [1.54, 1.807) is 7.05 Å². The van der Waals surface area contributed by atoms with Crippen LogP contribution in [-0.2, 0) is 4.74 Å². The van der Waals surface area contributed by atoms with Crippen LogP contribution in [0.2, 0.25) is 0 Å². The van der Waals surface area contributed by atoms with Crippen LogP contribution in [0.25, 0.3) is 0 Å². The van der Waals surface area contributed by atoms with Crippen LogP contribution in [0.15, 0.2) is 4.99 Å². The third-order valence-corrected chi connectivity index (χ3v) is 3.58. The summed E-state index contributed by atoms with van der Waals surface area (Å²) in [6.45, 7) is 5.07. The first kappa shape index (κ1) is 22.7. The number of ether oxygens (including phenoxy) is 1. The van der Waals surface area contributed by atoms with Gasteiger partial charge in [-0.05, 0) is 20.4 Å². The Balaban J connectivity index is 0.00000484. The zero-order valence-corrected chi connectivity index (χ0v) is 16.4. The average molecular weight is 452 g/mol. The van der Waals surface area contributed by atoms with Crippen molar-refractivity contribution in [2.45, 2.75) is 19.5 Å². The first-order valence-electron chi connectivity index (χ1n) is 7.64. The number of alkyl halides is 3. The molecule has 0 amide bonds. The summed E-state index contributed by atoms with van der Waals surface area (Å²) in [6, 6.07) is 0. The van der Waals surface area contributed by atoms with Crippen molar-refractivity contribution in [1.29, 1.82) is 0 Å². The van der Waals surface area contributed by atoms with Gasteiger partial charge in [-0.3, -0.25) is 9.89 Å². The largest absolute Gasteiger partial charge is 0.401 e. The summed E-state index contributed by atoms with van der Waals surface area (Å²) in [7, 11) is 3.16. The maximum Gasteiger partial charge on any atom is 0.401 e. The van der Waals surface area contributed by atoms with E-state index in [-0.39, 0.29) is 24.0 Å². The molecule has 1 atom stereocenters. The molecule has 5 nitrogen and oxygen atoms in total. The minimum absolute atomic E-state index is 0. The summed E-state index contributed by atoms with van der Waals surface area (Å²) >= 11 is 0. The van der Waals surface area contributed by atoms with Gasteiger partial charge >= 0.3 is 6.18 Å². The second kappa shape index (κ2) is 11.3. The Labute approximate surface area is 153 Å². The number of aliphatic imine (C=N–C) groups is 1. The number of nitrogens with zero attached hydrogens (tertiary/aromatic N) is 3. The van der Waals surface area contributed by atoms with Crippen LogP contribution in [-0.4, -0.2) is 82.0 Å². The maximum absolute atomic E-state index is 12.2. The smallest absolute Gasteiger partial charge is 0.381 e. The van der Waals surface area contributed by atoms with Crippen LogP contribution < -0.4 is 5.32 Å². The Hall–Kier alpha value is -0.290. The summed E-state index contributed by atoms with van der Waals surface area (Å²) in [5.41, 5.74) is 0. The summed E-state index contributed by atoms with van der Waals surface area (Å²) in [5, 5.41) is 3.13. The molecular formula is C14H28F3IN4O. The number of hydrogen-bond donors (Lipinski definition) is 1. The summed E-state index contributed by atoms with van der Waals surface area (Å²) in [4.78, 5) is 7.59. The Morgan fingerprint density at radius 1 is 1.43 bits per heavy atom. The fourth-order valence-electron chi connectivity index (χ4n) is 2.52. The molecule has 0 saturated carbocycles. The number of likely N-dealkylation sites (tertiary alicyclic amines) is 1. The predicted molar refractivity (Wildman–Crippen MR) is 96.5 cm³/mol. The average Bonchev–Trinajstić information content (AvgIpc) is 2.88. The molecule has 138 valence electrons. The van der Waals surface area contributed by atoms with Crippen molar-refractivity contribution in [3.8, 4) is 0 Å². The van der Waals surface area contributed by atoms with Crippen LogP contribution in [0.4, 0.5) is 13.2 Å². The molecule has 1 N–H and O–H groups in total. The molecule has 0 aliphatic carbocycles. The molecule has 0 bridgehead atoms. The van der Waals surface area contributed by atoms with Crippen molar-refractivity contribution in [2.75, 3.05) is 60.0 Å². The highest BCUT2D eigenvalue weighted by molar-refractivity contribution is 14.0. The van der Waals surface area contributed by atoms with Crippen molar-refractivity contribution in [1.82, 2.24) is 15.1 Å². The highest BCUT2D eigenvalue weighted by Gasteiger charge is 2.29. The quantitative estimate of drug-likeness (QED) is 0.365. The number of nitrogens with one attached hydrogen (secondary N) is 1. The highest BCUT2D eigenvalue weighted by Crippen LogP contribution is 2.17. The van der Waals surface area contributed by atoms with E-state index in [9.17, 15) is 13.2 Å². The Bertz CT molecular complexity index is 355. The van der Waals surface area contributed by atoms with E-state index in [4.69, 9.17) is 4.74 Å². The van der Waals surface area contributed by atoms with Gasteiger partial charge in [-0.25, -0.2) is 0 Å². The summed E-state index contributed by atoms with van der Waals surface area (Å²) in [6.07, 6.45) is -3.10. The molecule has 0 aromatic rings. The lowest BCUT2D eigenvalue weighted by atomic mass is 10.1. The van der Waals surface area contributed by atoms with Gasteiger partial charge in [-0.1, -0.05) is 0 Å². The summed E-state index contributed by atoms with van der Waals surface area (Å²) in [5.74, 6) is 1.24. The first-order chi connectivity index (χ1) is 10.4. The van der Waals surface area contributed by atoms with Gasteiger partial charge < -0.3 is 15.0 Å². The van der Waals surface area contributed by atoms with E-state index >= 15 is 0 Å². The van der Waals surface area contributed by atoms with Crippen LogP contribution in [0.5, 0.6) is 0 Å². The van der Waals surface area contributed by atoms with Crippen molar-refractivity contribution >= 4 is 29.9 Å². The van der Waals surface area contributed by atoms with Crippen molar-refractivity contribution < 1.29 is 17.9 Å². The van der Waals surface area contributed by atoms with Gasteiger partial charge in [0.25, 0.3) is 0 Å². The van der Waals surface area contributed by atoms with E-state index in [0.717, 1.165) is 38.7 Å². The lowest BCUT2D eigenvalue weighted by Crippen LogP contribution is -2.44. The van der Waals surface area contributed by atoms with E-state index in [1.165, 1.54) is 11.9 Å². The van der Waals surface area contributed by atoms with E-state index < -0.39 is 12.7 Å². The number of likely N-dealkylation sites (N-methyl/N-ethyl adjacent to an activating group) is 1. The van der Waals surface area contributed by atoms with Gasteiger partial charge in [0.05, 0.1) is 13.2 Å². The molecule has 1 aliphatic rings. The van der Waals surface area contributed by atoms with Gasteiger partial charge in [0.2, 0.25) is 0 Å². The van der Waals surface area contributed by atoms with Crippen LogP contribution in [0.1, 0.15) is 13.3 Å². The molecule has 9 heteroatoms. The number of hydrogen-bond acceptors (Lipinski definition) is 3. The van der Waals surface area contributed by atoms with Gasteiger partial charge in [-0.2, -0.15) is 13.2 Å². The molecular weight excluding hydrogens is 424 g/mol. The predicted octanol–water partition coefficient (Wildman–Crippen LogP) is 2.03. The van der Waals surface area contributed by atoms with Gasteiger partial charge in [-0.15, -0.1) is 24.0 Å². The molecule has 0 aromatic heterocycles. The Kier molecular flexibility index (Phi) is 11.2. The second-order valence-corrected chi connectivity index (χ2v) is 5.59. The normalized spacial score (nSPS) is 19.2. The van der Waals surface area contributed by atoms with E-state index in [0.29, 0.717) is 19.0 Å². The molecule has 1 aliphatic heterocycles. The monoisotopic (exact) mass is 452 g/mol. The van der Waals surface area contributed by atoms with E-state index in [2.05, 4.69) is 15.2 Å². The number of guanidine groups is 1. The fourth-order valence-corrected chi connectivity index (χ4v) is 2.52. The van der Waals surface area contributed by atoms with Gasteiger partial charge in [0.1, 0.15) is 0 Å². The minimum Gasteiger partial charge on any atom is -0.381 e. The van der Waals surface area contributed by atoms with Gasteiger partial charge in [0, 0.05) is 45.8 Å². The molecule has 1 saturated heterocycles. The molecule has 1 heterocycles. The number of halogens is 4. The van der Waals surface area contributed by atoms with Crippen molar-refractivity contribution in [3.05, 3.63) is 0 Å². The zero-order valence-electron chi connectivity index (χ0n) is 14.0. The number of rotatable bonds is 7. The van der Waals surface area contributed by atoms with E-state index in [1.807, 2.05) is 6.92 Å². The molecule has 1 fully saturated rings. The minimum atomic E-state index is -4.15. The SMILES string of the molecule is CCOCC1CCN(C(=NC)NCCN(C)CC(F)(F)F)C1.I. The molecule has 1 unspecified atom stereocenters. The van der Waals surface area contributed by atoms with Gasteiger partial charge in [0.15, 0.2) is 5.96 Å². The lowest BCUT2D eigenvalue weighted by molar-refractivity contribution is -0.142. The standard InChI is InChI=1S/C14H27F3N4O.HI/c1-4-22-10-12-5-7-21(9-12)13(18-2)19-6-8-20(3)11-14(15,16)17;/h12H,4-11H2,1-3H3,(H,18,19);1H. The summed E-state index contributed by atoms with van der Waals surface area (Å²) < 4.78 is 42.2. The van der Waals surface area contributed by atoms with Crippen molar-refractivity contribution in [3.63, 3.8) is 0 Å². The fraction of sp³-hybridized carbons (Fsp3) is 0.929. The maximum atomic E-state index is 12.2. The van der Waals surface area contributed by atoms with Crippen LogP contribution >= 0.6 is 24.0 Å². The Morgan fingerprint density at radius 3 is 2.70 bits per heavy atom. The second-order valence-electron chi connectivity index (χ2n) is 5.59. The zero-order chi connectivity index (χ0) is 16.6. The Morgan fingerprint density at radius 2 is 2.13 bits per heavy atom. The third-order valence-electron chi connectivity index (χ3n) is 3.58. The highest BCUT2D eigenvalue weighted by atomic mass is 127. The first-order valence-corrected chi connectivity index (χ1v) is 7.64. The van der Waals surface area contributed by atoms with Crippen molar-refractivity contribution in [2.24, 2.45) is 10.9 Å². The molecule has 23 heavy (non-hydrogen) atoms. The molecule has 0 aromatic carbocycles. The lowest BCUT2D eigenvalue weighted by Gasteiger charge is -2.23. The molecule has 0 radical (unpaired) electrons. The molecule has 1 rings (SSSR count). The topological polar surface area (TPSA) is 40.1 Å². The third kappa shape index (κ3) is 9.55. The van der Waals surface area contributed by atoms with Crippen LogP contribution in [0, 0.1) is 5.92 Å².